The van der Waals surface area contributed by atoms with Crippen LogP contribution in [0.5, 0.6) is 0 Å². The lowest BCUT2D eigenvalue weighted by atomic mass is 10.0. The number of aromatic nitrogens is 3. The van der Waals surface area contributed by atoms with Gasteiger partial charge in [0.05, 0.1) is 12.2 Å². The van der Waals surface area contributed by atoms with Gasteiger partial charge < -0.3 is 9.88 Å². The molecular formula is C23H18F4N4O2. The summed E-state index contributed by atoms with van der Waals surface area (Å²) in [5, 5.41) is 8.62. The molecule has 0 saturated carbocycles. The molecule has 1 unspecified atom stereocenters. The summed E-state index contributed by atoms with van der Waals surface area (Å²) in [6, 6.07) is 9.20. The Morgan fingerprint density at radius 2 is 1.91 bits per heavy atom. The van der Waals surface area contributed by atoms with E-state index in [1.165, 1.54) is 48.1 Å². The largest absolute Gasteiger partial charge is 0.433 e. The van der Waals surface area contributed by atoms with Crippen LogP contribution in [-0.4, -0.2) is 27.7 Å². The van der Waals surface area contributed by atoms with E-state index in [1.54, 1.807) is 13.0 Å². The maximum atomic E-state index is 14.1. The molecular weight excluding hydrogens is 440 g/mol. The molecule has 2 heterocycles. The molecule has 2 N–H and O–H groups in total. The van der Waals surface area contributed by atoms with Crippen molar-refractivity contribution in [2.45, 2.75) is 19.1 Å². The van der Waals surface area contributed by atoms with Crippen LogP contribution in [-0.2, 0) is 6.18 Å². The quantitative estimate of drug-likeness (QED) is 0.442. The van der Waals surface area contributed by atoms with Crippen LogP contribution in [0.4, 0.5) is 17.6 Å². The first kappa shape index (κ1) is 22.3. The van der Waals surface area contributed by atoms with Crippen molar-refractivity contribution in [3.8, 4) is 11.1 Å². The van der Waals surface area contributed by atoms with Gasteiger partial charge in [0.25, 0.3) is 11.5 Å². The fourth-order valence-corrected chi connectivity index (χ4v) is 3.75. The minimum Gasteiger partial charge on any atom is -0.355 e. The first-order chi connectivity index (χ1) is 15.6. The molecule has 0 aliphatic rings. The van der Waals surface area contributed by atoms with Crippen LogP contribution >= 0.6 is 0 Å². The Labute approximate surface area is 184 Å². The summed E-state index contributed by atoms with van der Waals surface area (Å²) >= 11 is 0. The van der Waals surface area contributed by atoms with E-state index in [0.717, 1.165) is 12.3 Å². The molecule has 0 aliphatic heterocycles. The number of pyridine rings is 1. The van der Waals surface area contributed by atoms with Gasteiger partial charge in [0.15, 0.2) is 0 Å². The highest BCUT2D eigenvalue weighted by molar-refractivity contribution is 5.94. The molecule has 6 nitrogen and oxygen atoms in total. The standard InChI is InChI=1S/C23H18F4N4O2/c1-12(15-8-16(21(32)28-2)10-17(24)9-15)31-6-5-14-7-13(3-4-18(14)22(31)33)19-11-29-30-20(19)23(25,26)27/h3-12H,1-2H3,(H,28,32)(H,29,30). The van der Waals surface area contributed by atoms with Gasteiger partial charge in [0.1, 0.15) is 11.5 Å². The van der Waals surface area contributed by atoms with E-state index >= 15 is 0 Å². The minimum atomic E-state index is -4.60. The fraction of sp³-hybridized carbons (Fsp3) is 0.174. The number of H-pyrrole nitrogens is 1. The summed E-state index contributed by atoms with van der Waals surface area (Å²) < 4.78 is 55.1. The Morgan fingerprint density at radius 3 is 2.61 bits per heavy atom. The Hall–Kier alpha value is -3.95. The van der Waals surface area contributed by atoms with E-state index in [-0.39, 0.29) is 22.1 Å². The summed E-state index contributed by atoms with van der Waals surface area (Å²) in [7, 11) is 1.43. The van der Waals surface area contributed by atoms with Crippen LogP contribution in [0.25, 0.3) is 21.9 Å². The molecule has 0 saturated heterocycles. The number of rotatable bonds is 4. The Balaban J connectivity index is 1.77. The Morgan fingerprint density at radius 1 is 1.15 bits per heavy atom. The van der Waals surface area contributed by atoms with Crippen molar-refractivity contribution in [3.63, 3.8) is 0 Å². The van der Waals surface area contributed by atoms with Crippen LogP contribution in [0, 0.1) is 5.82 Å². The number of carbonyl (C=O) groups excluding carboxylic acids is 1. The summed E-state index contributed by atoms with van der Waals surface area (Å²) in [4.78, 5) is 25.0. The SMILES string of the molecule is CNC(=O)c1cc(F)cc(C(C)n2ccc3cc(-c4cn[nH]c4C(F)(F)F)ccc3c2=O)c1. The number of aromatic amines is 1. The summed E-state index contributed by atoms with van der Waals surface area (Å²) in [6.07, 6.45) is -2.02. The Bertz CT molecular complexity index is 1420. The molecule has 0 bridgehead atoms. The second-order valence-electron chi connectivity index (χ2n) is 7.51. The van der Waals surface area contributed by atoms with Gasteiger partial charge in [-0.05, 0) is 59.8 Å². The number of halogens is 4. The van der Waals surface area contributed by atoms with E-state index in [4.69, 9.17) is 0 Å². The van der Waals surface area contributed by atoms with Gasteiger partial charge >= 0.3 is 6.18 Å². The molecule has 0 spiro atoms. The second kappa shape index (κ2) is 8.19. The number of amides is 1. The van der Waals surface area contributed by atoms with Crippen LogP contribution in [0.2, 0.25) is 0 Å². The lowest BCUT2D eigenvalue weighted by molar-refractivity contribution is -0.140. The normalized spacial score (nSPS) is 12.7. The third kappa shape index (κ3) is 4.11. The molecule has 2 aromatic heterocycles. The van der Waals surface area contributed by atoms with E-state index < -0.39 is 35.2 Å². The molecule has 10 heteroatoms. The number of fused-ring (bicyclic) bond motifs is 1. The van der Waals surface area contributed by atoms with Crippen molar-refractivity contribution >= 4 is 16.7 Å². The van der Waals surface area contributed by atoms with Gasteiger partial charge in [0, 0.05) is 29.8 Å². The predicted octanol–water partition coefficient (Wildman–Crippen LogP) is 4.52. The van der Waals surface area contributed by atoms with Gasteiger partial charge in [-0.25, -0.2) is 4.39 Å². The first-order valence-corrected chi connectivity index (χ1v) is 9.88. The van der Waals surface area contributed by atoms with Crippen molar-refractivity contribution in [2.24, 2.45) is 0 Å². The smallest absolute Gasteiger partial charge is 0.355 e. The zero-order valence-corrected chi connectivity index (χ0v) is 17.5. The molecule has 1 amide bonds. The summed E-state index contributed by atoms with van der Waals surface area (Å²) in [5.74, 6) is -1.07. The zero-order valence-electron chi connectivity index (χ0n) is 17.5. The van der Waals surface area contributed by atoms with E-state index in [1.807, 2.05) is 5.10 Å². The number of hydrogen-bond acceptors (Lipinski definition) is 3. The molecule has 4 aromatic rings. The summed E-state index contributed by atoms with van der Waals surface area (Å²) in [5.41, 5.74) is -0.696. The van der Waals surface area contributed by atoms with Crippen LogP contribution in [0.3, 0.4) is 0 Å². The topological polar surface area (TPSA) is 79.8 Å². The number of nitrogens with zero attached hydrogens (tertiary/aromatic N) is 2. The molecule has 0 aliphatic carbocycles. The molecule has 0 radical (unpaired) electrons. The molecule has 0 fully saturated rings. The van der Waals surface area contributed by atoms with Crippen molar-refractivity contribution in [1.82, 2.24) is 20.1 Å². The molecule has 1 atom stereocenters. The van der Waals surface area contributed by atoms with Crippen LogP contribution in [0.1, 0.15) is 34.6 Å². The fourth-order valence-electron chi connectivity index (χ4n) is 3.75. The highest BCUT2D eigenvalue weighted by Crippen LogP contribution is 2.36. The van der Waals surface area contributed by atoms with Gasteiger partial charge in [-0.3, -0.25) is 14.7 Å². The van der Waals surface area contributed by atoms with E-state index in [0.29, 0.717) is 10.9 Å². The molecule has 2 aromatic carbocycles. The molecule has 170 valence electrons. The highest BCUT2D eigenvalue weighted by Gasteiger charge is 2.36. The van der Waals surface area contributed by atoms with Crippen molar-refractivity contribution in [2.75, 3.05) is 7.05 Å². The average molecular weight is 458 g/mol. The van der Waals surface area contributed by atoms with Crippen molar-refractivity contribution < 1.29 is 22.4 Å². The van der Waals surface area contributed by atoms with Gasteiger partial charge in [-0.15, -0.1) is 0 Å². The molecule has 4 rings (SSSR count). The monoisotopic (exact) mass is 458 g/mol. The number of nitrogens with one attached hydrogen (secondary N) is 2. The first-order valence-electron chi connectivity index (χ1n) is 9.88. The summed E-state index contributed by atoms with van der Waals surface area (Å²) in [6.45, 7) is 1.69. The van der Waals surface area contributed by atoms with E-state index in [9.17, 15) is 27.2 Å². The Kier molecular flexibility index (Phi) is 5.52. The van der Waals surface area contributed by atoms with Gasteiger partial charge in [0.2, 0.25) is 0 Å². The minimum absolute atomic E-state index is 0.122. The van der Waals surface area contributed by atoms with Crippen molar-refractivity contribution in [1.29, 1.82) is 0 Å². The number of benzene rings is 2. The third-order valence-corrected chi connectivity index (χ3v) is 5.47. The third-order valence-electron chi connectivity index (χ3n) is 5.47. The zero-order chi connectivity index (χ0) is 23.9. The van der Waals surface area contributed by atoms with Crippen LogP contribution in [0.15, 0.2) is 59.7 Å². The number of carbonyl (C=O) groups is 1. The van der Waals surface area contributed by atoms with Gasteiger partial charge in [-0.1, -0.05) is 6.07 Å². The van der Waals surface area contributed by atoms with Crippen LogP contribution < -0.4 is 10.9 Å². The number of alkyl halides is 3. The predicted molar refractivity (Wildman–Crippen MR) is 114 cm³/mol. The number of hydrogen-bond donors (Lipinski definition) is 2. The maximum Gasteiger partial charge on any atom is 0.433 e. The average Bonchev–Trinajstić information content (AvgIpc) is 3.28. The molecule has 33 heavy (non-hydrogen) atoms. The lowest BCUT2D eigenvalue weighted by Crippen LogP contribution is -2.24. The lowest BCUT2D eigenvalue weighted by Gasteiger charge is -2.17. The van der Waals surface area contributed by atoms with Gasteiger partial charge in [-0.2, -0.15) is 18.3 Å². The van der Waals surface area contributed by atoms with E-state index in [2.05, 4.69) is 10.4 Å². The highest BCUT2D eigenvalue weighted by atomic mass is 19.4. The second-order valence-corrected chi connectivity index (χ2v) is 7.51. The van der Waals surface area contributed by atoms with Crippen molar-refractivity contribution in [3.05, 3.63) is 87.9 Å². The maximum absolute atomic E-state index is 14.1.